The van der Waals surface area contributed by atoms with Crippen molar-refractivity contribution in [1.29, 1.82) is 0 Å². The van der Waals surface area contributed by atoms with Gasteiger partial charge in [0.2, 0.25) is 0 Å². The normalized spacial score (nSPS) is 23.3. The summed E-state index contributed by atoms with van der Waals surface area (Å²) in [5.41, 5.74) is 3.89. The maximum atomic E-state index is 5.80. The zero-order valence-electron chi connectivity index (χ0n) is 14.0. The summed E-state index contributed by atoms with van der Waals surface area (Å²) in [4.78, 5) is 0. The van der Waals surface area contributed by atoms with Crippen LogP contribution in [0.2, 0.25) is 0 Å². The van der Waals surface area contributed by atoms with Gasteiger partial charge in [-0.25, -0.2) is 0 Å². The number of rotatable bonds is 6. The summed E-state index contributed by atoms with van der Waals surface area (Å²) in [6.45, 7) is 10.6. The number of hydrogen-bond acceptors (Lipinski definition) is 3. The Balaban J connectivity index is 2.33. The van der Waals surface area contributed by atoms with E-state index in [2.05, 4.69) is 45.1 Å². The Bertz CT molecular complexity index is 473. The van der Waals surface area contributed by atoms with Crippen LogP contribution >= 0.6 is 0 Å². The molecule has 3 heteroatoms. The van der Waals surface area contributed by atoms with Crippen molar-refractivity contribution in [2.75, 3.05) is 20.3 Å². The van der Waals surface area contributed by atoms with Gasteiger partial charge in [-0.1, -0.05) is 13.0 Å². The lowest BCUT2D eigenvalue weighted by Crippen LogP contribution is -2.33. The predicted octanol–water partition coefficient (Wildman–Crippen LogP) is 3.78. The van der Waals surface area contributed by atoms with Crippen LogP contribution in [0.5, 0.6) is 5.75 Å². The maximum Gasteiger partial charge on any atom is 0.122 e. The second-order valence-electron chi connectivity index (χ2n) is 6.14. The standard InChI is InChI=1S/C18H29NO2/c1-6-8-19-18(15-7-9-21-14(15)4)16-10-13(3)17(20-5)11-12(16)2/h10-11,14-15,18-19H,6-9H2,1-5H3. The third-order valence-electron chi connectivity index (χ3n) is 4.60. The molecule has 0 bridgehead atoms. The largest absolute Gasteiger partial charge is 0.496 e. The van der Waals surface area contributed by atoms with Crippen LogP contribution in [-0.4, -0.2) is 26.4 Å². The van der Waals surface area contributed by atoms with Crippen molar-refractivity contribution < 1.29 is 9.47 Å². The van der Waals surface area contributed by atoms with Crippen molar-refractivity contribution in [1.82, 2.24) is 5.32 Å². The quantitative estimate of drug-likeness (QED) is 0.865. The van der Waals surface area contributed by atoms with Crippen molar-refractivity contribution in [2.45, 2.75) is 52.7 Å². The molecule has 1 aliphatic rings. The minimum absolute atomic E-state index is 0.321. The molecule has 1 fully saturated rings. The lowest BCUT2D eigenvalue weighted by molar-refractivity contribution is 0.0953. The lowest BCUT2D eigenvalue weighted by atomic mass is 9.85. The van der Waals surface area contributed by atoms with E-state index in [1.807, 2.05) is 0 Å². The van der Waals surface area contributed by atoms with Gasteiger partial charge in [0.05, 0.1) is 13.2 Å². The van der Waals surface area contributed by atoms with Crippen LogP contribution in [0.4, 0.5) is 0 Å². The van der Waals surface area contributed by atoms with E-state index in [1.165, 1.54) is 16.7 Å². The van der Waals surface area contributed by atoms with E-state index in [0.29, 0.717) is 18.1 Å². The molecule has 1 heterocycles. The molecule has 118 valence electrons. The summed E-state index contributed by atoms with van der Waals surface area (Å²) in [7, 11) is 1.74. The van der Waals surface area contributed by atoms with Gasteiger partial charge in [-0.2, -0.15) is 0 Å². The fourth-order valence-corrected chi connectivity index (χ4v) is 3.34. The van der Waals surface area contributed by atoms with E-state index >= 15 is 0 Å². The lowest BCUT2D eigenvalue weighted by Gasteiger charge is -2.29. The highest BCUT2D eigenvalue weighted by molar-refractivity contribution is 5.43. The highest BCUT2D eigenvalue weighted by atomic mass is 16.5. The van der Waals surface area contributed by atoms with Gasteiger partial charge in [0.15, 0.2) is 0 Å². The smallest absolute Gasteiger partial charge is 0.122 e. The van der Waals surface area contributed by atoms with Gasteiger partial charge >= 0.3 is 0 Å². The van der Waals surface area contributed by atoms with Gasteiger partial charge in [-0.05, 0) is 62.9 Å². The molecule has 21 heavy (non-hydrogen) atoms. The molecule has 1 aromatic carbocycles. The Hall–Kier alpha value is -1.06. The fraction of sp³-hybridized carbons (Fsp3) is 0.667. The van der Waals surface area contributed by atoms with Crippen LogP contribution in [0.3, 0.4) is 0 Å². The van der Waals surface area contributed by atoms with E-state index in [9.17, 15) is 0 Å². The van der Waals surface area contributed by atoms with E-state index < -0.39 is 0 Å². The van der Waals surface area contributed by atoms with Crippen LogP contribution in [0.25, 0.3) is 0 Å². The predicted molar refractivity (Wildman–Crippen MR) is 87.0 cm³/mol. The summed E-state index contributed by atoms with van der Waals surface area (Å²) < 4.78 is 11.2. The molecule has 1 aliphatic heterocycles. The van der Waals surface area contributed by atoms with Crippen molar-refractivity contribution >= 4 is 0 Å². The van der Waals surface area contributed by atoms with E-state index in [-0.39, 0.29) is 0 Å². The Morgan fingerprint density at radius 3 is 2.67 bits per heavy atom. The topological polar surface area (TPSA) is 30.5 Å². The highest BCUT2D eigenvalue weighted by Crippen LogP contribution is 2.36. The molecular weight excluding hydrogens is 262 g/mol. The van der Waals surface area contributed by atoms with Crippen molar-refractivity contribution in [3.63, 3.8) is 0 Å². The molecule has 1 N–H and O–H groups in total. The number of ether oxygens (including phenoxy) is 2. The van der Waals surface area contributed by atoms with Gasteiger partial charge in [-0.15, -0.1) is 0 Å². The molecule has 0 aliphatic carbocycles. The summed E-state index contributed by atoms with van der Waals surface area (Å²) in [5, 5.41) is 3.74. The first-order chi connectivity index (χ1) is 10.1. The second kappa shape index (κ2) is 7.28. The average Bonchev–Trinajstić information content (AvgIpc) is 2.88. The van der Waals surface area contributed by atoms with Crippen molar-refractivity contribution in [2.24, 2.45) is 5.92 Å². The summed E-state index contributed by atoms with van der Waals surface area (Å²) >= 11 is 0. The first-order valence-corrected chi connectivity index (χ1v) is 8.08. The zero-order valence-corrected chi connectivity index (χ0v) is 14.0. The molecule has 0 spiro atoms. The van der Waals surface area contributed by atoms with Crippen LogP contribution in [-0.2, 0) is 4.74 Å². The summed E-state index contributed by atoms with van der Waals surface area (Å²) in [5.74, 6) is 1.52. The maximum absolute atomic E-state index is 5.80. The Labute approximate surface area is 129 Å². The van der Waals surface area contributed by atoms with E-state index in [0.717, 1.165) is 31.7 Å². The molecular formula is C18H29NO2. The van der Waals surface area contributed by atoms with Crippen LogP contribution < -0.4 is 10.1 Å². The van der Waals surface area contributed by atoms with Crippen LogP contribution in [0, 0.1) is 19.8 Å². The molecule has 3 unspecified atom stereocenters. The third-order valence-corrected chi connectivity index (χ3v) is 4.60. The monoisotopic (exact) mass is 291 g/mol. The molecule has 0 amide bonds. The number of methoxy groups -OCH3 is 1. The molecule has 0 saturated carbocycles. The average molecular weight is 291 g/mol. The van der Waals surface area contributed by atoms with Crippen LogP contribution in [0.15, 0.2) is 12.1 Å². The Morgan fingerprint density at radius 1 is 1.33 bits per heavy atom. The highest BCUT2D eigenvalue weighted by Gasteiger charge is 2.33. The Kier molecular flexibility index (Phi) is 5.65. The first kappa shape index (κ1) is 16.3. The molecule has 2 rings (SSSR count). The van der Waals surface area contributed by atoms with E-state index in [4.69, 9.17) is 9.47 Å². The molecule has 0 radical (unpaired) electrons. The van der Waals surface area contributed by atoms with Gasteiger partial charge < -0.3 is 14.8 Å². The molecule has 3 atom stereocenters. The molecule has 3 nitrogen and oxygen atoms in total. The fourth-order valence-electron chi connectivity index (χ4n) is 3.34. The number of benzene rings is 1. The number of nitrogens with one attached hydrogen (secondary N) is 1. The number of aryl methyl sites for hydroxylation is 2. The van der Waals surface area contributed by atoms with Gasteiger partial charge in [0.1, 0.15) is 5.75 Å². The third kappa shape index (κ3) is 3.58. The van der Waals surface area contributed by atoms with Crippen molar-refractivity contribution in [3.05, 3.63) is 28.8 Å². The van der Waals surface area contributed by atoms with E-state index in [1.54, 1.807) is 7.11 Å². The van der Waals surface area contributed by atoms with Gasteiger partial charge in [-0.3, -0.25) is 0 Å². The Morgan fingerprint density at radius 2 is 2.10 bits per heavy atom. The van der Waals surface area contributed by atoms with Gasteiger partial charge in [0, 0.05) is 18.6 Å². The van der Waals surface area contributed by atoms with Crippen molar-refractivity contribution in [3.8, 4) is 5.75 Å². The first-order valence-electron chi connectivity index (χ1n) is 8.08. The summed E-state index contributed by atoms with van der Waals surface area (Å²) in [6.07, 6.45) is 2.60. The van der Waals surface area contributed by atoms with Gasteiger partial charge in [0.25, 0.3) is 0 Å². The second-order valence-corrected chi connectivity index (χ2v) is 6.14. The minimum atomic E-state index is 0.321. The molecule has 0 aromatic heterocycles. The minimum Gasteiger partial charge on any atom is -0.496 e. The zero-order chi connectivity index (χ0) is 15.4. The molecule has 1 aromatic rings. The number of hydrogen-bond donors (Lipinski definition) is 1. The molecule has 1 saturated heterocycles. The van der Waals surface area contributed by atoms with Crippen LogP contribution in [0.1, 0.15) is 49.4 Å². The summed E-state index contributed by atoms with van der Waals surface area (Å²) in [6, 6.07) is 4.81. The SMILES string of the molecule is CCCNC(c1cc(C)c(OC)cc1C)C1CCOC1C.